The van der Waals surface area contributed by atoms with Gasteiger partial charge >= 0.3 is 0 Å². The summed E-state index contributed by atoms with van der Waals surface area (Å²) in [5, 5.41) is 2.11. The summed E-state index contributed by atoms with van der Waals surface area (Å²) in [6.45, 7) is 1.08. The van der Waals surface area contributed by atoms with E-state index in [4.69, 9.17) is 10.7 Å². The van der Waals surface area contributed by atoms with Crippen LogP contribution >= 0.6 is 0 Å². The van der Waals surface area contributed by atoms with Crippen molar-refractivity contribution in [3.05, 3.63) is 90.5 Å². The van der Waals surface area contributed by atoms with Crippen molar-refractivity contribution in [3.8, 4) is 11.1 Å². The number of hydrogen-bond donors (Lipinski definition) is 1. The maximum absolute atomic E-state index is 14.0. The number of nitrogens with two attached hydrogens (primary N) is 1. The fourth-order valence-electron chi connectivity index (χ4n) is 5.78. The first-order valence-electron chi connectivity index (χ1n) is 12.3. The fourth-order valence-corrected chi connectivity index (χ4v) is 5.78. The van der Waals surface area contributed by atoms with Crippen molar-refractivity contribution in [1.29, 1.82) is 0 Å². The van der Waals surface area contributed by atoms with E-state index in [9.17, 15) is 9.59 Å². The highest BCUT2D eigenvalue weighted by molar-refractivity contribution is 6.10. The van der Waals surface area contributed by atoms with Gasteiger partial charge in [0.1, 0.15) is 5.41 Å². The van der Waals surface area contributed by atoms with Gasteiger partial charge < -0.3 is 15.5 Å². The Balaban J connectivity index is 1.28. The Labute approximate surface area is 208 Å². The zero-order valence-corrected chi connectivity index (χ0v) is 19.7. The van der Waals surface area contributed by atoms with Gasteiger partial charge in [0.2, 0.25) is 11.8 Å². The van der Waals surface area contributed by atoms with E-state index in [0.717, 1.165) is 51.7 Å². The number of carbonyl (C=O) groups excluding carboxylic acids is 2. The first-order valence-corrected chi connectivity index (χ1v) is 12.3. The summed E-state index contributed by atoms with van der Waals surface area (Å²) < 4.78 is 0. The van der Waals surface area contributed by atoms with Gasteiger partial charge in [-0.1, -0.05) is 48.5 Å². The lowest BCUT2D eigenvalue weighted by atomic mass is 9.74. The van der Waals surface area contributed by atoms with Gasteiger partial charge in [-0.05, 0) is 35.9 Å². The van der Waals surface area contributed by atoms with E-state index in [2.05, 4.69) is 11.1 Å². The molecule has 2 fully saturated rings. The summed E-state index contributed by atoms with van der Waals surface area (Å²) in [5.74, 6) is -0.0198. The van der Waals surface area contributed by atoms with Crippen LogP contribution in [0, 0.1) is 0 Å². The number of nitrogens with zero attached hydrogens (tertiary/aromatic N) is 4. The Bertz CT molecular complexity index is 1540. The van der Waals surface area contributed by atoms with Crippen LogP contribution < -0.4 is 10.6 Å². The number of amides is 2. The average Bonchev–Trinajstić information content (AvgIpc) is 3.60. The fraction of sp³-hybridized carbons (Fsp3) is 0.241. The molecule has 1 aliphatic carbocycles. The van der Waals surface area contributed by atoms with Crippen LogP contribution in [0.15, 0.2) is 79.3 Å². The molecule has 7 rings (SSSR count). The van der Waals surface area contributed by atoms with E-state index >= 15 is 0 Å². The second kappa shape index (κ2) is 7.45. The molecule has 0 atom stereocenters. The van der Waals surface area contributed by atoms with Gasteiger partial charge in [0.25, 0.3) is 0 Å². The van der Waals surface area contributed by atoms with Crippen molar-refractivity contribution in [2.75, 3.05) is 18.0 Å². The van der Waals surface area contributed by atoms with Crippen LogP contribution in [-0.4, -0.2) is 45.3 Å². The van der Waals surface area contributed by atoms with Crippen molar-refractivity contribution in [1.82, 2.24) is 14.9 Å². The molecular formula is C29H25N5O2. The minimum Gasteiger partial charge on any atom is -0.338 e. The van der Waals surface area contributed by atoms with Crippen molar-refractivity contribution in [2.45, 2.75) is 30.3 Å². The highest BCUT2D eigenvalue weighted by Gasteiger charge is 2.62. The summed E-state index contributed by atoms with van der Waals surface area (Å²) in [4.78, 5) is 39.6. The van der Waals surface area contributed by atoms with E-state index in [-0.39, 0.29) is 11.8 Å². The number of rotatable bonds is 4. The maximum atomic E-state index is 14.0. The molecule has 2 aromatic heterocycles. The molecule has 0 radical (unpaired) electrons. The number of benzene rings is 2. The molecule has 7 heteroatoms. The molecule has 4 heterocycles. The third-order valence-electron chi connectivity index (χ3n) is 7.92. The first kappa shape index (κ1) is 21.2. The van der Waals surface area contributed by atoms with Crippen LogP contribution in [0.3, 0.4) is 0 Å². The van der Waals surface area contributed by atoms with Crippen molar-refractivity contribution in [2.24, 2.45) is 5.73 Å². The van der Waals surface area contributed by atoms with Crippen LogP contribution in [0.5, 0.6) is 0 Å². The van der Waals surface area contributed by atoms with E-state index < -0.39 is 11.0 Å². The zero-order valence-electron chi connectivity index (χ0n) is 19.7. The predicted octanol–water partition coefficient (Wildman–Crippen LogP) is 3.41. The highest BCUT2D eigenvalue weighted by atomic mass is 16.2. The second-order valence-corrected chi connectivity index (χ2v) is 10.2. The van der Waals surface area contributed by atoms with Crippen LogP contribution in [0.1, 0.15) is 24.1 Å². The Kier molecular flexibility index (Phi) is 4.39. The zero-order chi connectivity index (χ0) is 24.5. The molecular weight excluding hydrogens is 450 g/mol. The average molecular weight is 476 g/mol. The SMILES string of the molecule is NC1(C(=O)N2CC3(C2)C(=O)N(Cc2ncc4ccccc4c2-c2cccnc2)c2ccccc23)CC1. The van der Waals surface area contributed by atoms with Crippen molar-refractivity contribution < 1.29 is 9.59 Å². The van der Waals surface area contributed by atoms with E-state index in [1.54, 1.807) is 11.1 Å². The number of likely N-dealkylation sites (tertiary alicyclic amines) is 1. The van der Waals surface area contributed by atoms with Gasteiger partial charge in [0.05, 0.1) is 17.8 Å². The minimum atomic E-state index is -0.726. The smallest absolute Gasteiger partial charge is 0.242 e. The molecule has 0 bridgehead atoms. The quantitative estimate of drug-likeness (QED) is 0.488. The molecule has 3 aliphatic rings. The largest absolute Gasteiger partial charge is 0.338 e. The molecule has 7 nitrogen and oxygen atoms in total. The molecule has 2 amide bonds. The number of para-hydroxylation sites is 1. The third kappa shape index (κ3) is 2.96. The number of fused-ring (bicyclic) bond motifs is 3. The topological polar surface area (TPSA) is 92.4 Å². The Morgan fingerprint density at radius 2 is 1.75 bits per heavy atom. The summed E-state index contributed by atoms with van der Waals surface area (Å²) in [6, 6.07) is 20.0. The van der Waals surface area contributed by atoms with Crippen molar-refractivity contribution in [3.63, 3.8) is 0 Å². The van der Waals surface area contributed by atoms with Crippen LogP contribution in [0.2, 0.25) is 0 Å². The van der Waals surface area contributed by atoms with Gasteiger partial charge in [-0.2, -0.15) is 0 Å². The van der Waals surface area contributed by atoms with Crippen molar-refractivity contribution >= 4 is 28.3 Å². The molecule has 1 spiro atoms. The number of hydrogen-bond acceptors (Lipinski definition) is 5. The molecule has 2 aromatic carbocycles. The predicted molar refractivity (Wildman–Crippen MR) is 137 cm³/mol. The number of pyridine rings is 2. The molecule has 1 saturated carbocycles. The summed E-state index contributed by atoms with van der Waals surface area (Å²) in [7, 11) is 0. The molecule has 2 N–H and O–H groups in total. The van der Waals surface area contributed by atoms with E-state index in [1.165, 1.54) is 0 Å². The Morgan fingerprint density at radius 1 is 0.972 bits per heavy atom. The maximum Gasteiger partial charge on any atom is 0.242 e. The van der Waals surface area contributed by atoms with E-state index in [1.807, 2.05) is 71.9 Å². The highest BCUT2D eigenvalue weighted by Crippen LogP contribution is 2.49. The molecule has 1 saturated heterocycles. The van der Waals surface area contributed by atoms with Crippen LogP contribution in [-0.2, 0) is 21.5 Å². The molecule has 36 heavy (non-hydrogen) atoms. The van der Waals surface area contributed by atoms with Gasteiger partial charge in [-0.3, -0.25) is 19.6 Å². The molecule has 0 unspecified atom stereocenters. The molecule has 2 aliphatic heterocycles. The second-order valence-electron chi connectivity index (χ2n) is 10.2. The number of anilines is 1. The van der Waals surface area contributed by atoms with Gasteiger partial charge in [0.15, 0.2) is 0 Å². The minimum absolute atomic E-state index is 0.0155. The lowest BCUT2D eigenvalue weighted by molar-refractivity contribution is -0.146. The lowest BCUT2D eigenvalue weighted by Gasteiger charge is -2.47. The molecule has 4 aromatic rings. The number of carbonyl (C=O) groups is 2. The third-order valence-corrected chi connectivity index (χ3v) is 7.92. The Morgan fingerprint density at radius 3 is 2.53 bits per heavy atom. The van der Waals surface area contributed by atoms with E-state index in [0.29, 0.717) is 19.6 Å². The van der Waals surface area contributed by atoms with Crippen LogP contribution in [0.4, 0.5) is 5.69 Å². The summed E-state index contributed by atoms with van der Waals surface area (Å²) in [6.07, 6.45) is 6.90. The van der Waals surface area contributed by atoms with Crippen LogP contribution in [0.25, 0.3) is 21.9 Å². The normalized spacial score (nSPS) is 18.9. The monoisotopic (exact) mass is 475 g/mol. The standard InChI is InChI=1S/C29H25N5O2/c30-29(11-12-29)27(36)33-17-28(18-33)22-9-3-4-10-24(22)34(26(28)35)16-23-25(20-7-5-13-31-14-20)21-8-2-1-6-19(21)15-32-23/h1-10,13-15H,11-12,16-18,30H2. The summed E-state index contributed by atoms with van der Waals surface area (Å²) in [5.41, 5.74) is 9.34. The van der Waals surface area contributed by atoms with Gasteiger partial charge in [-0.25, -0.2) is 0 Å². The lowest BCUT2D eigenvalue weighted by Crippen LogP contribution is -2.67. The number of aromatic nitrogens is 2. The first-order chi connectivity index (χ1) is 17.5. The van der Waals surface area contributed by atoms with Gasteiger partial charge in [-0.15, -0.1) is 0 Å². The molecule has 178 valence electrons. The summed E-state index contributed by atoms with van der Waals surface area (Å²) >= 11 is 0. The Hall–Kier alpha value is -4.10. The van der Waals surface area contributed by atoms with Gasteiger partial charge in [0, 0.05) is 53.9 Å².